The number of aromatic amines is 1. The molecule has 3 aromatic rings. The molecule has 34 heavy (non-hydrogen) atoms. The molecule has 1 amide bonds. The summed E-state index contributed by atoms with van der Waals surface area (Å²) in [4.78, 5) is 24.9. The summed E-state index contributed by atoms with van der Waals surface area (Å²) in [5.74, 6) is 1.08. The third-order valence-electron chi connectivity index (χ3n) is 7.69. The van der Waals surface area contributed by atoms with Crippen LogP contribution in [-0.4, -0.2) is 64.1 Å². The maximum absolute atomic E-state index is 12.6. The zero-order valence-electron chi connectivity index (χ0n) is 20.1. The van der Waals surface area contributed by atoms with E-state index in [9.17, 15) is 9.90 Å². The number of carbonyl (C=O) groups excluding carboxylic acids is 1. The molecule has 5 rings (SSSR count). The summed E-state index contributed by atoms with van der Waals surface area (Å²) >= 11 is 0. The summed E-state index contributed by atoms with van der Waals surface area (Å²) < 4.78 is 5.48. The van der Waals surface area contributed by atoms with E-state index in [4.69, 9.17) is 4.74 Å². The maximum Gasteiger partial charge on any atom is 0.222 e. The summed E-state index contributed by atoms with van der Waals surface area (Å²) in [5, 5.41) is 11.7. The first-order valence-corrected chi connectivity index (χ1v) is 12.3. The highest BCUT2D eigenvalue weighted by molar-refractivity contribution is 5.88. The fourth-order valence-electron chi connectivity index (χ4n) is 5.97. The van der Waals surface area contributed by atoms with E-state index in [2.05, 4.69) is 27.9 Å². The van der Waals surface area contributed by atoms with Crippen LogP contribution >= 0.6 is 0 Å². The number of fused-ring (bicyclic) bond motifs is 4. The van der Waals surface area contributed by atoms with E-state index in [0.29, 0.717) is 6.42 Å². The molecular formula is C27H34N4O3. The van der Waals surface area contributed by atoms with Crippen LogP contribution in [0.5, 0.6) is 5.75 Å². The van der Waals surface area contributed by atoms with Gasteiger partial charge in [0.2, 0.25) is 5.91 Å². The van der Waals surface area contributed by atoms with E-state index < -0.39 is 0 Å². The Balaban J connectivity index is 1.57. The quantitative estimate of drug-likeness (QED) is 0.583. The van der Waals surface area contributed by atoms with Crippen molar-refractivity contribution in [2.75, 3.05) is 33.4 Å². The number of rotatable bonds is 6. The van der Waals surface area contributed by atoms with E-state index in [1.807, 2.05) is 41.6 Å². The first kappa shape index (κ1) is 22.9. The summed E-state index contributed by atoms with van der Waals surface area (Å²) in [6.45, 7) is 5.23. The number of H-pyrrole nitrogens is 1. The number of benzene rings is 1. The van der Waals surface area contributed by atoms with Crippen LogP contribution < -0.4 is 4.74 Å². The van der Waals surface area contributed by atoms with Crippen molar-refractivity contribution < 1.29 is 14.6 Å². The van der Waals surface area contributed by atoms with Crippen LogP contribution in [0.4, 0.5) is 0 Å². The largest absolute Gasteiger partial charge is 0.497 e. The molecule has 2 aromatic heterocycles. The molecule has 1 spiro atoms. The van der Waals surface area contributed by atoms with E-state index >= 15 is 0 Å². The highest BCUT2D eigenvalue weighted by Gasteiger charge is 2.47. The fraction of sp³-hybridized carbons (Fsp3) is 0.481. The standard InChI is InChI=1S/C27H34N4O3/c1-3-4-24(33)30-13-9-27(10-14-30)18-31(16-19-7-11-28-12-8-19)23(17-32)26-25(27)21-6-5-20(34-2)15-22(21)29-26/h5-8,11-12,15,23,29,32H,3-4,9-10,13-14,16-18H2,1-2H3/t23-/m0/s1. The predicted molar refractivity (Wildman–Crippen MR) is 132 cm³/mol. The Morgan fingerprint density at radius 3 is 2.68 bits per heavy atom. The Labute approximate surface area is 200 Å². The third-order valence-corrected chi connectivity index (χ3v) is 7.69. The lowest BCUT2D eigenvalue weighted by atomic mass is 9.68. The Bertz CT molecular complexity index is 1150. The topological polar surface area (TPSA) is 81.7 Å². The van der Waals surface area contributed by atoms with Crippen molar-refractivity contribution in [1.29, 1.82) is 0 Å². The number of ether oxygens (including phenoxy) is 1. The van der Waals surface area contributed by atoms with Crippen LogP contribution in [0, 0.1) is 0 Å². The fourth-order valence-corrected chi connectivity index (χ4v) is 5.97. The minimum absolute atomic E-state index is 0.0409. The van der Waals surface area contributed by atoms with E-state index in [1.54, 1.807) is 7.11 Å². The third kappa shape index (κ3) is 3.97. The molecule has 0 saturated carbocycles. The summed E-state index contributed by atoms with van der Waals surface area (Å²) in [7, 11) is 1.68. The number of aliphatic hydroxyl groups excluding tert-OH is 1. The van der Waals surface area contributed by atoms with E-state index in [0.717, 1.165) is 62.4 Å². The average molecular weight is 463 g/mol. The van der Waals surface area contributed by atoms with Crippen LogP contribution in [0.1, 0.15) is 55.5 Å². The van der Waals surface area contributed by atoms with Crippen LogP contribution in [0.2, 0.25) is 0 Å². The molecule has 0 unspecified atom stereocenters. The van der Waals surface area contributed by atoms with Gasteiger partial charge >= 0.3 is 0 Å². The van der Waals surface area contributed by atoms with E-state index in [-0.39, 0.29) is 24.0 Å². The molecule has 4 heterocycles. The van der Waals surface area contributed by atoms with Crippen LogP contribution in [0.25, 0.3) is 10.9 Å². The normalized spacial score (nSPS) is 20.0. The minimum atomic E-state index is -0.119. The molecule has 2 N–H and O–H groups in total. The highest BCUT2D eigenvalue weighted by atomic mass is 16.5. The predicted octanol–water partition coefficient (Wildman–Crippen LogP) is 3.78. The van der Waals surface area contributed by atoms with Gasteiger partial charge in [-0.15, -0.1) is 0 Å². The Kier molecular flexibility index (Phi) is 6.32. The second kappa shape index (κ2) is 9.39. The Morgan fingerprint density at radius 1 is 1.24 bits per heavy atom. The van der Waals surface area contributed by atoms with Crippen molar-refractivity contribution in [1.82, 2.24) is 19.8 Å². The number of amides is 1. The average Bonchev–Trinajstić information content (AvgIpc) is 3.25. The van der Waals surface area contributed by atoms with Gasteiger partial charge in [-0.1, -0.05) is 6.92 Å². The number of likely N-dealkylation sites (tertiary alicyclic amines) is 1. The van der Waals surface area contributed by atoms with Gasteiger partial charge in [-0.05, 0) is 54.7 Å². The summed E-state index contributed by atoms with van der Waals surface area (Å²) in [5.41, 5.74) is 4.55. The van der Waals surface area contributed by atoms with Gasteiger partial charge in [0.05, 0.1) is 19.8 Å². The number of aromatic nitrogens is 2. The molecule has 180 valence electrons. The number of carbonyl (C=O) groups is 1. The summed E-state index contributed by atoms with van der Waals surface area (Å²) in [6, 6.07) is 10.2. The van der Waals surface area contributed by atoms with Gasteiger partial charge in [-0.25, -0.2) is 0 Å². The van der Waals surface area contributed by atoms with Gasteiger partial charge in [-0.3, -0.25) is 14.7 Å². The van der Waals surface area contributed by atoms with Crippen LogP contribution in [0.3, 0.4) is 0 Å². The zero-order chi connectivity index (χ0) is 23.7. The molecule has 1 atom stereocenters. The van der Waals surface area contributed by atoms with Crippen molar-refractivity contribution in [3.63, 3.8) is 0 Å². The Morgan fingerprint density at radius 2 is 2.00 bits per heavy atom. The molecule has 7 nitrogen and oxygen atoms in total. The number of nitrogens with one attached hydrogen (secondary N) is 1. The van der Waals surface area contributed by atoms with Crippen LogP contribution in [0.15, 0.2) is 42.7 Å². The van der Waals surface area contributed by atoms with Crippen molar-refractivity contribution in [3.05, 3.63) is 59.5 Å². The molecule has 1 saturated heterocycles. The lowest BCUT2D eigenvalue weighted by Crippen LogP contribution is -2.54. The zero-order valence-corrected chi connectivity index (χ0v) is 20.1. The monoisotopic (exact) mass is 462 g/mol. The smallest absolute Gasteiger partial charge is 0.222 e. The van der Waals surface area contributed by atoms with Gasteiger partial charge in [0, 0.05) is 73.1 Å². The molecule has 0 bridgehead atoms. The molecule has 0 aliphatic carbocycles. The van der Waals surface area contributed by atoms with Gasteiger partial charge in [0.15, 0.2) is 0 Å². The first-order valence-electron chi connectivity index (χ1n) is 12.3. The molecule has 2 aliphatic rings. The number of nitrogens with zero attached hydrogens (tertiary/aromatic N) is 3. The molecule has 0 radical (unpaired) electrons. The van der Waals surface area contributed by atoms with E-state index in [1.165, 1.54) is 16.5 Å². The molecule has 1 fully saturated rings. The second-order valence-corrected chi connectivity index (χ2v) is 9.70. The van der Waals surface area contributed by atoms with Crippen molar-refractivity contribution >= 4 is 16.8 Å². The molecule has 2 aliphatic heterocycles. The second-order valence-electron chi connectivity index (χ2n) is 9.70. The summed E-state index contributed by atoms with van der Waals surface area (Å²) in [6.07, 6.45) is 6.97. The number of methoxy groups -OCH3 is 1. The molecule has 1 aromatic carbocycles. The Hall–Kier alpha value is -2.90. The van der Waals surface area contributed by atoms with Gasteiger partial charge in [-0.2, -0.15) is 0 Å². The molecular weight excluding hydrogens is 428 g/mol. The van der Waals surface area contributed by atoms with Gasteiger partial charge in [0.1, 0.15) is 5.75 Å². The molecule has 7 heteroatoms. The first-order chi connectivity index (χ1) is 16.6. The maximum atomic E-state index is 12.6. The van der Waals surface area contributed by atoms with Crippen molar-refractivity contribution in [2.24, 2.45) is 0 Å². The van der Waals surface area contributed by atoms with Crippen molar-refractivity contribution in [2.45, 2.75) is 50.6 Å². The lowest BCUT2D eigenvalue weighted by molar-refractivity contribution is -0.133. The number of hydrogen-bond acceptors (Lipinski definition) is 5. The number of aliphatic hydroxyl groups is 1. The number of piperidine rings is 1. The van der Waals surface area contributed by atoms with Gasteiger partial charge in [0.25, 0.3) is 0 Å². The lowest BCUT2D eigenvalue weighted by Gasteiger charge is -2.50. The van der Waals surface area contributed by atoms with Crippen LogP contribution in [-0.2, 0) is 16.8 Å². The highest BCUT2D eigenvalue weighted by Crippen LogP contribution is 2.49. The minimum Gasteiger partial charge on any atom is -0.497 e. The van der Waals surface area contributed by atoms with Crippen molar-refractivity contribution in [3.8, 4) is 5.75 Å². The number of pyridine rings is 1. The number of hydrogen-bond donors (Lipinski definition) is 2. The SMILES string of the molecule is CCCC(=O)N1CCC2(CC1)CN(Cc1ccncc1)[C@@H](CO)c1[nH]c3cc(OC)ccc3c12. The van der Waals surface area contributed by atoms with Gasteiger partial charge < -0.3 is 19.7 Å².